The number of carbonyl (C=O) groups is 2. The van der Waals surface area contributed by atoms with Crippen LogP contribution in [0, 0.1) is 19.8 Å². The minimum Gasteiger partial charge on any atom is -0.503 e. The lowest BCUT2D eigenvalue weighted by Crippen LogP contribution is -2.32. The van der Waals surface area contributed by atoms with Crippen molar-refractivity contribution in [2.45, 2.75) is 53.5 Å². The van der Waals surface area contributed by atoms with E-state index in [0.717, 1.165) is 11.4 Å². The summed E-state index contributed by atoms with van der Waals surface area (Å²) in [5.41, 5.74) is 1.29. The molecule has 3 rings (SSSR count). The summed E-state index contributed by atoms with van der Waals surface area (Å²) in [5, 5.41) is 11.7. The molecule has 9 heteroatoms. The Morgan fingerprint density at radius 2 is 1.94 bits per heavy atom. The Bertz CT molecular complexity index is 1120. The molecule has 1 N–H and O–H groups in total. The Labute approximate surface area is 216 Å². The third kappa shape index (κ3) is 6.07. The number of hydrogen-bond donors (Lipinski definition) is 1. The van der Waals surface area contributed by atoms with Gasteiger partial charge in [0.25, 0.3) is 5.91 Å². The van der Waals surface area contributed by atoms with Gasteiger partial charge in [-0.1, -0.05) is 19.9 Å². The van der Waals surface area contributed by atoms with E-state index in [1.54, 1.807) is 26.2 Å². The molecule has 36 heavy (non-hydrogen) atoms. The van der Waals surface area contributed by atoms with Gasteiger partial charge >= 0.3 is 0 Å². The Kier molecular flexibility index (Phi) is 9.50. The molecule has 0 spiro atoms. The molecule has 196 valence electrons. The molecule has 1 aliphatic rings. The number of aromatic nitrogens is 1. The maximum Gasteiger partial charge on any atom is 0.290 e. The van der Waals surface area contributed by atoms with Crippen LogP contribution in [0.5, 0.6) is 11.5 Å². The monoisotopic (exact) mass is 516 g/mol. The summed E-state index contributed by atoms with van der Waals surface area (Å²) < 4.78 is 17.0. The summed E-state index contributed by atoms with van der Waals surface area (Å²) in [7, 11) is 1.59. The number of carbonyl (C=O) groups excluding carboxylic acids is 2. The van der Waals surface area contributed by atoms with E-state index in [4.69, 9.17) is 14.2 Å². The van der Waals surface area contributed by atoms with Gasteiger partial charge in [-0.2, -0.15) is 0 Å². The molecule has 1 unspecified atom stereocenters. The molecule has 0 fully saturated rings. The van der Waals surface area contributed by atoms with Crippen LogP contribution < -0.4 is 9.47 Å². The lowest BCUT2D eigenvalue weighted by Gasteiger charge is -2.27. The maximum atomic E-state index is 13.7. The predicted molar refractivity (Wildman–Crippen MR) is 139 cm³/mol. The fourth-order valence-corrected chi connectivity index (χ4v) is 5.07. The van der Waals surface area contributed by atoms with Crippen LogP contribution in [0.25, 0.3) is 0 Å². The normalized spacial score (nSPS) is 15.8. The first-order chi connectivity index (χ1) is 17.2. The molecule has 0 saturated heterocycles. The van der Waals surface area contributed by atoms with Gasteiger partial charge in [-0.05, 0) is 57.2 Å². The lowest BCUT2D eigenvalue weighted by molar-refractivity contribution is -0.129. The summed E-state index contributed by atoms with van der Waals surface area (Å²) in [6, 6.07) is 4.66. The lowest BCUT2D eigenvalue weighted by atomic mass is 9.94. The van der Waals surface area contributed by atoms with E-state index in [1.807, 2.05) is 19.9 Å². The third-order valence-corrected chi connectivity index (χ3v) is 7.01. The Morgan fingerprint density at radius 1 is 1.19 bits per heavy atom. The summed E-state index contributed by atoms with van der Waals surface area (Å²) in [6.07, 6.45) is 1.46. The number of aliphatic hydroxyl groups is 1. The van der Waals surface area contributed by atoms with Gasteiger partial charge in [-0.3, -0.25) is 9.59 Å². The van der Waals surface area contributed by atoms with Crippen molar-refractivity contribution in [3.8, 4) is 11.5 Å². The van der Waals surface area contributed by atoms with Crippen LogP contribution in [0.4, 0.5) is 0 Å². The van der Waals surface area contributed by atoms with Crippen molar-refractivity contribution in [3.63, 3.8) is 0 Å². The summed E-state index contributed by atoms with van der Waals surface area (Å²) in [4.78, 5) is 33.1. The molecule has 0 saturated carbocycles. The van der Waals surface area contributed by atoms with Gasteiger partial charge in [0, 0.05) is 20.3 Å². The fourth-order valence-electron chi connectivity index (χ4n) is 4.19. The van der Waals surface area contributed by atoms with Crippen LogP contribution in [-0.2, 0) is 9.53 Å². The number of amides is 1. The van der Waals surface area contributed by atoms with Crippen molar-refractivity contribution < 1.29 is 28.9 Å². The van der Waals surface area contributed by atoms with E-state index in [-0.39, 0.29) is 5.57 Å². The van der Waals surface area contributed by atoms with Crippen molar-refractivity contribution in [3.05, 3.63) is 50.7 Å². The van der Waals surface area contributed by atoms with E-state index in [1.165, 1.54) is 16.2 Å². The first-order valence-corrected chi connectivity index (χ1v) is 13.1. The van der Waals surface area contributed by atoms with Gasteiger partial charge in [-0.25, -0.2) is 4.98 Å². The topological polar surface area (TPSA) is 98.2 Å². The van der Waals surface area contributed by atoms with Gasteiger partial charge in [0.05, 0.1) is 40.4 Å². The second-order valence-electron chi connectivity index (χ2n) is 9.16. The zero-order valence-electron chi connectivity index (χ0n) is 21.9. The maximum absolute atomic E-state index is 13.7. The number of thiazole rings is 1. The van der Waals surface area contributed by atoms with Gasteiger partial charge < -0.3 is 24.2 Å². The molecule has 1 aromatic carbocycles. The average Bonchev–Trinajstić information content (AvgIpc) is 3.30. The largest absolute Gasteiger partial charge is 0.503 e. The van der Waals surface area contributed by atoms with Crippen molar-refractivity contribution in [2.75, 3.05) is 33.5 Å². The Balaban J connectivity index is 2.05. The molecule has 1 amide bonds. The number of Topliss-reactive ketones (excluding diaryl/α,β-unsaturated/α-hetero) is 1. The third-order valence-electron chi connectivity index (χ3n) is 5.94. The van der Waals surface area contributed by atoms with Crippen molar-refractivity contribution in [2.24, 2.45) is 5.92 Å². The number of rotatable bonds is 13. The highest BCUT2D eigenvalue weighted by Gasteiger charge is 2.44. The molecule has 1 aromatic heterocycles. The molecule has 2 aromatic rings. The van der Waals surface area contributed by atoms with E-state index in [9.17, 15) is 14.7 Å². The summed E-state index contributed by atoms with van der Waals surface area (Å²) in [5.74, 6) is 0.151. The Hall–Kier alpha value is -2.91. The number of nitrogens with zero attached hydrogens (tertiary/aromatic N) is 2. The van der Waals surface area contributed by atoms with Gasteiger partial charge in [0.1, 0.15) is 0 Å². The quantitative estimate of drug-likeness (QED) is 0.289. The number of aryl methyl sites for hydroxylation is 2. The molecule has 0 radical (unpaired) electrons. The first-order valence-electron chi connectivity index (χ1n) is 12.3. The molecular formula is C27H36N2O6S. The van der Waals surface area contributed by atoms with Crippen molar-refractivity contribution in [1.82, 2.24) is 9.88 Å². The molecule has 0 bridgehead atoms. The number of methoxy groups -OCH3 is 1. The molecule has 2 heterocycles. The van der Waals surface area contributed by atoms with E-state index in [0.29, 0.717) is 66.3 Å². The van der Waals surface area contributed by atoms with Gasteiger partial charge in [0.15, 0.2) is 17.3 Å². The van der Waals surface area contributed by atoms with Crippen LogP contribution in [0.15, 0.2) is 29.5 Å². The highest BCUT2D eigenvalue weighted by molar-refractivity contribution is 7.14. The summed E-state index contributed by atoms with van der Waals surface area (Å²) in [6.45, 7) is 11.5. The minimum absolute atomic E-state index is 0.0556. The fraction of sp³-hybridized carbons (Fsp3) is 0.519. The first kappa shape index (κ1) is 27.7. The smallest absolute Gasteiger partial charge is 0.290 e. The standard InChI is InChI=1S/C27H36N2O6S/c1-7-34-21-15-19(9-10-20(21)35-14-11-16(2)3)23-22(24(30)26-17(4)28-18(5)36-26)25(31)27(32)29(23)12-8-13-33-6/h9-10,15-16,23,31H,7-8,11-14H2,1-6H3. The van der Waals surface area contributed by atoms with Crippen LogP contribution in [0.1, 0.15) is 65.6 Å². The summed E-state index contributed by atoms with van der Waals surface area (Å²) >= 11 is 1.26. The Morgan fingerprint density at radius 3 is 2.56 bits per heavy atom. The number of ether oxygens (including phenoxy) is 3. The number of hydrogen-bond acceptors (Lipinski definition) is 8. The highest BCUT2D eigenvalue weighted by atomic mass is 32.1. The number of ketones is 1. The zero-order chi connectivity index (χ0) is 26.4. The molecule has 8 nitrogen and oxygen atoms in total. The average molecular weight is 517 g/mol. The SMILES string of the molecule is CCOc1cc(C2C(C(=O)c3sc(C)nc3C)=C(O)C(=O)N2CCCOC)ccc1OCCC(C)C. The highest BCUT2D eigenvalue weighted by Crippen LogP contribution is 2.42. The zero-order valence-corrected chi connectivity index (χ0v) is 22.7. The number of benzene rings is 1. The molecule has 0 aliphatic carbocycles. The van der Waals surface area contributed by atoms with Crippen LogP contribution >= 0.6 is 11.3 Å². The van der Waals surface area contributed by atoms with E-state index < -0.39 is 23.5 Å². The van der Waals surface area contributed by atoms with E-state index in [2.05, 4.69) is 18.8 Å². The molecule has 1 aliphatic heterocycles. The van der Waals surface area contributed by atoms with Gasteiger partial charge in [-0.15, -0.1) is 11.3 Å². The van der Waals surface area contributed by atoms with Crippen molar-refractivity contribution >= 4 is 23.0 Å². The van der Waals surface area contributed by atoms with Crippen molar-refractivity contribution in [1.29, 1.82) is 0 Å². The minimum atomic E-state index is -0.771. The van der Waals surface area contributed by atoms with Gasteiger partial charge in [0.2, 0.25) is 5.78 Å². The second kappa shape index (κ2) is 12.4. The molecular weight excluding hydrogens is 480 g/mol. The van der Waals surface area contributed by atoms with Crippen LogP contribution in [0.2, 0.25) is 0 Å². The molecule has 1 atom stereocenters. The second-order valence-corrected chi connectivity index (χ2v) is 10.4. The van der Waals surface area contributed by atoms with Crippen LogP contribution in [0.3, 0.4) is 0 Å². The predicted octanol–water partition coefficient (Wildman–Crippen LogP) is 5.20. The van der Waals surface area contributed by atoms with Crippen LogP contribution in [-0.4, -0.2) is 60.2 Å². The van der Waals surface area contributed by atoms with E-state index >= 15 is 0 Å². The number of aliphatic hydroxyl groups excluding tert-OH is 1.